The highest BCUT2D eigenvalue weighted by molar-refractivity contribution is 6.05. The van der Waals surface area contributed by atoms with Crippen molar-refractivity contribution in [1.29, 1.82) is 0 Å². The summed E-state index contributed by atoms with van der Waals surface area (Å²) >= 11 is 0. The number of carbonyl (C=O) groups is 1. The summed E-state index contributed by atoms with van der Waals surface area (Å²) in [5, 5.41) is 13.6. The molecule has 2 aromatic carbocycles. The van der Waals surface area contributed by atoms with Gasteiger partial charge in [-0.3, -0.25) is 4.79 Å². The number of aryl methyl sites for hydroxylation is 2. The molecule has 0 aromatic heterocycles. The van der Waals surface area contributed by atoms with Crippen LogP contribution in [0.4, 0.5) is 5.69 Å². The first-order chi connectivity index (χ1) is 9.50. The van der Waals surface area contributed by atoms with E-state index in [-0.39, 0.29) is 12.3 Å². The molecule has 102 valence electrons. The molecule has 0 fully saturated rings. The number of hydrogen-bond acceptors (Lipinski definition) is 2. The highest BCUT2D eigenvalue weighted by Crippen LogP contribution is 2.38. The predicted molar refractivity (Wildman–Crippen MR) is 78.6 cm³/mol. The van der Waals surface area contributed by atoms with Crippen LogP contribution in [0.5, 0.6) is 0 Å². The molecule has 3 heteroatoms. The molecule has 0 radical (unpaired) electrons. The second-order valence-electron chi connectivity index (χ2n) is 5.46. The summed E-state index contributed by atoms with van der Waals surface area (Å²) in [4.78, 5) is 12.1. The summed E-state index contributed by atoms with van der Waals surface area (Å²) in [6, 6.07) is 13.3. The molecular formula is C17H17NO2. The minimum absolute atomic E-state index is 0.289. The van der Waals surface area contributed by atoms with Gasteiger partial charge >= 0.3 is 0 Å². The zero-order chi connectivity index (χ0) is 14.3. The minimum atomic E-state index is -1.47. The van der Waals surface area contributed by atoms with E-state index < -0.39 is 5.60 Å². The summed E-state index contributed by atoms with van der Waals surface area (Å²) in [5.41, 5.74) is 3.21. The maximum Gasteiger partial charge on any atom is 0.261 e. The lowest BCUT2D eigenvalue weighted by Crippen LogP contribution is -2.36. The number of para-hydroxylation sites is 1. The molecule has 20 heavy (non-hydrogen) atoms. The number of nitrogens with one attached hydrogen (secondary N) is 1. The molecule has 0 spiro atoms. The number of carbonyl (C=O) groups excluding carboxylic acids is 1. The predicted octanol–water partition coefficient (Wildman–Crippen LogP) is 2.69. The van der Waals surface area contributed by atoms with Crippen LogP contribution >= 0.6 is 0 Å². The van der Waals surface area contributed by atoms with E-state index in [4.69, 9.17) is 0 Å². The van der Waals surface area contributed by atoms with Crippen LogP contribution in [-0.2, 0) is 16.8 Å². The monoisotopic (exact) mass is 267 g/mol. The van der Waals surface area contributed by atoms with Gasteiger partial charge in [0.2, 0.25) is 0 Å². The normalized spacial score (nSPS) is 20.6. The van der Waals surface area contributed by atoms with Crippen LogP contribution in [0.15, 0.2) is 42.5 Å². The molecule has 0 aliphatic carbocycles. The second kappa shape index (κ2) is 4.46. The Hall–Kier alpha value is -2.13. The Morgan fingerprint density at radius 2 is 1.85 bits per heavy atom. The van der Waals surface area contributed by atoms with E-state index in [1.807, 2.05) is 50.2 Å². The van der Waals surface area contributed by atoms with Crippen molar-refractivity contribution in [3.8, 4) is 0 Å². The van der Waals surface area contributed by atoms with Crippen LogP contribution in [0.2, 0.25) is 0 Å². The van der Waals surface area contributed by atoms with Gasteiger partial charge in [-0.2, -0.15) is 0 Å². The average molecular weight is 267 g/mol. The molecule has 1 unspecified atom stereocenters. The Kier molecular flexibility index (Phi) is 2.87. The van der Waals surface area contributed by atoms with E-state index in [2.05, 4.69) is 5.32 Å². The van der Waals surface area contributed by atoms with Gasteiger partial charge in [-0.1, -0.05) is 36.4 Å². The smallest absolute Gasteiger partial charge is 0.261 e. The molecule has 3 rings (SSSR count). The summed E-state index contributed by atoms with van der Waals surface area (Å²) < 4.78 is 0. The van der Waals surface area contributed by atoms with Crippen LogP contribution in [0.1, 0.15) is 22.3 Å². The lowest BCUT2D eigenvalue weighted by atomic mass is 9.87. The Bertz CT molecular complexity index is 693. The molecule has 2 aromatic rings. The Labute approximate surface area is 118 Å². The van der Waals surface area contributed by atoms with Crippen LogP contribution < -0.4 is 5.32 Å². The first-order valence-corrected chi connectivity index (χ1v) is 6.70. The van der Waals surface area contributed by atoms with Crippen LogP contribution in [0.3, 0.4) is 0 Å². The van der Waals surface area contributed by atoms with Gasteiger partial charge in [-0.15, -0.1) is 0 Å². The number of benzene rings is 2. The fraction of sp³-hybridized carbons (Fsp3) is 0.235. The Morgan fingerprint density at radius 1 is 1.10 bits per heavy atom. The lowest BCUT2D eigenvalue weighted by Gasteiger charge is -2.21. The number of rotatable bonds is 2. The fourth-order valence-electron chi connectivity index (χ4n) is 2.69. The number of hydrogen-bond donors (Lipinski definition) is 2. The van der Waals surface area contributed by atoms with E-state index in [0.717, 1.165) is 11.1 Å². The van der Waals surface area contributed by atoms with E-state index in [0.29, 0.717) is 11.3 Å². The van der Waals surface area contributed by atoms with Crippen molar-refractivity contribution in [2.75, 3.05) is 5.32 Å². The van der Waals surface area contributed by atoms with Crippen LogP contribution in [-0.4, -0.2) is 11.0 Å². The van der Waals surface area contributed by atoms with E-state index in [9.17, 15) is 9.90 Å². The van der Waals surface area contributed by atoms with Crippen molar-refractivity contribution >= 4 is 11.6 Å². The zero-order valence-electron chi connectivity index (χ0n) is 11.6. The number of amides is 1. The van der Waals surface area contributed by atoms with Gasteiger partial charge < -0.3 is 10.4 Å². The lowest BCUT2D eigenvalue weighted by molar-refractivity contribution is -0.133. The molecule has 1 atom stereocenters. The number of anilines is 1. The SMILES string of the molecule is Cc1ccc(CC2(O)C(=O)Nc3ccccc32)cc1C. The molecular weight excluding hydrogens is 250 g/mol. The molecule has 1 heterocycles. The van der Waals surface area contributed by atoms with E-state index in [1.165, 1.54) is 5.56 Å². The third kappa shape index (κ3) is 1.91. The molecule has 1 aliphatic rings. The summed E-state index contributed by atoms with van der Waals surface area (Å²) in [7, 11) is 0. The van der Waals surface area contributed by atoms with Crippen molar-refractivity contribution in [3.63, 3.8) is 0 Å². The summed E-state index contributed by atoms with van der Waals surface area (Å²) in [6.07, 6.45) is 0.289. The van der Waals surface area contributed by atoms with Gasteiger partial charge in [-0.25, -0.2) is 0 Å². The minimum Gasteiger partial charge on any atom is -0.375 e. The van der Waals surface area contributed by atoms with Crippen molar-refractivity contribution < 1.29 is 9.90 Å². The molecule has 3 nitrogen and oxygen atoms in total. The Morgan fingerprint density at radius 3 is 2.60 bits per heavy atom. The van der Waals surface area contributed by atoms with Gasteiger partial charge in [-0.05, 0) is 36.6 Å². The van der Waals surface area contributed by atoms with E-state index >= 15 is 0 Å². The van der Waals surface area contributed by atoms with Gasteiger partial charge in [0.25, 0.3) is 5.91 Å². The highest BCUT2D eigenvalue weighted by atomic mass is 16.3. The van der Waals surface area contributed by atoms with Crippen molar-refractivity contribution in [2.24, 2.45) is 0 Å². The second-order valence-corrected chi connectivity index (χ2v) is 5.46. The third-order valence-electron chi connectivity index (χ3n) is 4.03. The van der Waals surface area contributed by atoms with Gasteiger partial charge in [0.15, 0.2) is 5.60 Å². The largest absolute Gasteiger partial charge is 0.375 e. The van der Waals surface area contributed by atoms with Gasteiger partial charge in [0.1, 0.15) is 0 Å². The van der Waals surface area contributed by atoms with E-state index in [1.54, 1.807) is 6.07 Å². The topological polar surface area (TPSA) is 49.3 Å². The third-order valence-corrected chi connectivity index (χ3v) is 4.03. The summed E-state index contributed by atoms with van der Waals surface area (Å²) in [5.74, 6) is -0.350. The van der Waals surface area contributed by atoms with Gasteiger partial charge in [0.05, 0.1) is 0 Å². The maximum absolute atomic E-state index is 12.1. The molecule has 1 amide bonds. The Balaban J connectivity index is 2.00. The molecule has 0 bridgehead atoms. The zero-order valence-corrected chi connectivity index (χ0v) is 11.6. The quantitative estimate of drug-likeness (QED) is 0.879. The first-order valence-electron chi connectivity index (χ1n) is 6.70. The molecule has 2 N–H and O–H groups in total. The maximum atomic E-state index is 12.1. The van der Waals surface area contributed by atoms with Crippen LogP contribution in [0, 0.1) is 13.8 Å². The van der Waals surface area contributed by atoms with Gasteiger partial charge in [0, 0.05) is 17.7 Å². The van der Waals surface area contributed by atoms with Crippen LogP contribution in [0.25, 0.3) is 0 Å². The van der Waals surface area contributed by atoms with Crippen molar-refractivity contribution in [1.82, 2.24) is 0 Å². The number of fused-ring (bicyclic) bond motifs is 1. The number of aliphatic hydroxyl groups is 1. The summed E-state index contributed by atoms with van der Waals surface area (Å²) in [6.45, 7) is 4.08. The van der Waals surface area contributed by atoms with Crippen molar-refractivity contribution in [2.45, 2.75) is 25.9 Å². The average Bonchev–Trinajstić information content (AvgIpc) is 2.67. The molecule has 0 saturated heterocycles. The first kappa shape index (κ1) is 12.9. The standard InChI is InChI=1S/C17H17NO2/c1-11-7-8-13(9-12(11)2)10-17(20)14-5-3-4-6-15(14)18-16(17)19/h3-9,20H,10H2,1-2H3,(H,18,19). The molecule has 0 saturated carbocycles. The molecule has 1 aliphatic heterocycles. The fourth-order valence-corrected chi connectivity index (χ4v) is 2.69. The van der Waals surface area contributed by atoms with Crippen molar-refractivity contribution in [3.05, 3.63) is 64.7 Å². The highest BCUT2D eigenvalue weighted by Gasteiger charge is 2.44.